The summed E-state index contributed by atoms with van der Waals surface area (Å²) < 4.78 is 12.5. The molecule has 1 aliphatic rings. The first-order valence-corrected chi connectivity index (χ1v) is 11.5. The minimum Gasteiger partial charge on any atom is -0.495 e. The zero-order valence-corrected chi connectivity index (χ0v) is 20.4. The molecule has 37 heavy (non-hydrogen) atoms. The Morgan fingerprint density at radius 1 is 1.19 bits per heavy atom. The number of anilines is 1. The van der Waals surface area contributed by atoms with Gasteiger partial charge in [0.1, 0.15) is 18.0 Å². The van der Waals surface area contributed by atoms with Gasteiger partial charge in [-0.15, -0.1) is 0 Å². The van der Waals surface area contributed by atoms with E-state index in [0.29, 0.717) is 40.7 Å². The van der Waals surface area contributed by atoms with E-state index in [1.807, 2.05) is 25.1 Å². The number of nitrogens with one attached hydrogen (secondary N) is 2. The maximum absolute atomic E-state index is 12.2. The average molecular weight is 507 g/mol. The van der Waals surface area contributed by atoms with Crippen molar-refractivity contribution in [2.24, 2.45) is 0 Å². The van der Waals surface area contributed by atoms with Gasteiger partial charge in [0.05, 0.1) is 31.9 Å². The highest BCUT2D eigenvalue weighted by Gasteiger charge is 2.47. The van der Waals surface area contributed by atoms with Gasteiger partial charge in [-0.3, -0.25) is 19.3 Å². The highest BCUT2D eigenvalue weighted by molar-refractivity contribution is 5.85. The number of hydrogen-bond acceptors (Lipinski definition) is 11. The van der Waals surface area contributed by atoms with E-state index < -0.39 is 30.4 Å². The molecule has 5 rings (SSSR count). The first-order chi connectivity index (χ1) is 17.9. The van der Waals surface area contributed by atoms with E-state index in [1.54, 1.807) is 18.5 Å². The molecule has 1 aliphatic heterocycles. The summed E-state index contributed by atoms with van der Waals surface area (Å²) in [5.41, 5.74) is 3.00. The second-order valence-electron chi connectivity index (χ2n) is 8.50. The molecule has 1 saturated heterocycles. The lowest BCUT2D eigenvalue weighted by molar-refractivity contribution is -0.137. The van der Waals surface area contributed by atoms with Gasteiger partial charge in [-0.25, -0.2) is 15.0 Å². The van der Waals surface area contributed by atoms with Crippen molar-refractivity contribution in [2.75, 3.05) is 19.5 Å². The Morgan fingerprint density at radius 3 is 2.78 bits per heavy atom. The summed E-state index contributed by atoms with van der Waals surface area (Å²) in [6.07, 6.45) is -0.604. The molecule has 0 aliphatic carbocycles. The number of aliphatic hydroxyl groups excluding tert-OH is 2. The van der Waals surface area contributed by atoms with Crippen LogP contribution in [-0.2, 0) is 16.1 Å². The highest BCUT2D eigenvalue weighted by atomic mass is 16.6. The molecular formula is C24H26N8O5. The number of amides is 1. The van der Waals surface area contributed by atoms with E-state index in [9.17, 15) is 15.0 Å². The molecule has 0 saturated carbocycles. The molecular weight excluding hydrogens is 480 g/mol. The van der Waals surface area contributed by atoms with E-state index in [-0.39, 0.29) is 0 Å². The van der Waals surface area contributed by atoms with Gasteiger partial charge >= 0.3 is 0 Å². The van der Waals surface area contributed by atoms with Crippen molar-refractivity contribution >= 4 is 22.9 Å². The standard InChI is InChI=1S/C24H26N8O5/c1-12-5-4-6-14(29-12)9-27-21-16-22(31-20(30-21)13-7-15(36-3)10-26-8-13)32(11-28-16)24-18(34)17(33)19(37-24)23(35)25-2/h4-8,10-11,17-19,24,33-34H,9H2,1-3H3,(H,25,35)(H,27,30,31)/t17?,18?,19-,24?/m1/s1. The molecule has 13 nitrogen and oxygen atoms in total. The molecule has 13 heteroatoms. The van der Waals surface area contributed by atoms with Gasteiger partial charge in [0.2, 0.25) is 0 Å². The van der Waals surface area contributed by atoms with Crippen molar-refractivity contribution in [3.63, 3.8) is 0 Å². The van der Waals surface area contributed by atoms with Gasteiger partial charge in [-0.05, 0) is 25.1 Å². The number of rotatable bonds is 7. The molecule has 4 atom stereocenters. The van der Waals surface area contributed by atoms with Crippen molar-refractivity contribution < 1.29 is 24.5 Å². The Labute approximate surface area is 211 Å². The topological polar surface area (TPSA) is 169 Å². The van der Waals surface area contributed by atoms with Crippen LogP contribution in [0.25, 0.3) is 22.6 Å². The van der Waals surface area contributed by atoms with E-state index in [1.165, 1.54) is 25.1 Å². The molecule has 192 valence electrons. The molecule has 0 radical (unpaired) electrons. The predicted octanol–water partition coefficient (Wildman–Crippen LogP) is 0.578. The number of pyridine rings is 2. The van der Waals surface area contributed by atoms with E-state index >= 15 is 0 Å². The lowest BCUT2D eigenvalue weighted by atomic mass is 10.1. The van der Waals surface area contributed by atoms with Gasteiger partial charge < -0.3 is 30.3 Å². The van der Waals surface area contributed by atoms with Gasteiger partial charge in [-0.1, -0.05) is 6.07 Å². The third kappa shape index (κ3) is 4.67. The monoisotopic (exact) mass is 506 g/mol. The lowest BCUT2D eigenvalue weighted by Gasteiger charge is -2.17. The zero-order chi connectivity index (χ0) is 26.1. The van der Waals surface area contributed by atoms with E-state index in [2.05, 4.69) is 35.6 Å². The number of hydrogen-bond donors (Lipinski definition) is 4. The first kappa shape index (κ1) is 24.5. The van der Waals surface area contributed by atoms with Crippen LogP contribution < -0.4 is 15.4 Å². The molecule has 5 heterocycles. The summed E-state index contributed by atoms with van der Waals surface area (Å²) in [6, 6.07) is 7.47. The number of carbonyl (C=O) groups is 1. The zero-order valence-electron chi connectivity index (χ0n) is 20.4. The van der Waals surface area contributed by atoms with E-state index in [0.717, 1.165) is 11.4 Å². The molecule has 4 aromatic rings. The fraction of sp³-hybridized carbons (Fsp3) is 0.333. The third-order valence-electron chi connectivity index (χ3n) is 6.03. The minimum atomic E-state index is -1.43. The molecule has 4 N–H and O–H groups in total. The number of carbonyl (C=O) groups excluding carboxylic acids is 1. The number of imidazole rings is 1. The highest BCUT2D eigenvalue weighted by Crippen LogP contribution is 2.34. The maximum Gasteiger partial charge on any atom is 0.251 e. The second-order valence-corrected chi connectivity index (χ2v) is 8.50. The van der Waals surface area contributed by atoms with Crippen LogP contribution in [0.2, 0.25) is 0 Å². The fourth-order valence-corrected chi connectivity index (χ4v) is 4.13. The Morgan fingerprint density at radius 2 is 2.03 bits per heavy atom. The Kier molecular flexibility index (Phi) is 6.65. The van der Waals surface area contributed by atoms with Crippen molar-refractivity contribution in [3.8, 4) is 17.1 Å². The van der Waals surface area contributed by atoms with Crippen molar-refractivity contribution in [2.45, 2.75) is 38.0 Å². The molecule has 1 amide bonds. The van der Waals surface area contributed by atoms with Crippen LogP contribution >= 0.6 is 0 Å². The summed E-state index contributed by atoms with van der Waals surface area (Å²) >= 11 is 0. The number of likely N-dealkylation sites (N-methyl/N-ethyl adjacent to an activating group) is 1. The SMILES string of the molecule is CNC(=O)[C@@H]1OC(n2cnc3c(NCc4cccc(C)n4)nc(-c4cncc(OC)c4)nc32)C(O)C1O. The number of aliphatic hydroxyl groups is 2. The van der Waals surface area contributed by atoms with E-state index in [4.69, 9.17) is 9.47 Å². The second kappa shape index (κ2) is 10.0. The van der Waals surface area contributed by atoms with Crippen LogP contribution in [-0.4, -0.2) is 78.1 Å². The molecule has 3 unspecified atom stereocenters. The van der Waals surface area contributed by atoms with Crippen LogP contribution in [0.15, 0.2) is 43.0 Å². The Hall–Kier alpha value is -4.20. The van der Waals surface area contributed by atoms with Gasteiger partial charge in [-0.2, -0.15) is 0 Å². The molecule has 4 aromatic heterocycles. The number of ether oxygens (including phenoxy) is 2. The Balaban J connectivity index is 1.59. The van der Waals surface area contributed by atoms with Crippen molar-refractivity contribution in [1.29, 1.82) is 0 Å². The van der Waals surface area contributed by atoms with Gasteiger partial charge in [0, 0.05) is 24.5 Å². The van der Waals surface area contributed by atoms with Crippen LogP contribution in [0.4, 0.5) is 5.82 Å². The summed E-state index contributed by atoms with van der Waals surface area (Å²) in [6.45, 7) is 2.28. The maximum atomic E-state index is 12.2. The predicted molar refractivity (Wildman–Crippen MR) is 131 cm³/mol. The summed E-state index contributed by atoms with van der Waals surface area (Å²) in [5, 5.41) is 26.8. The van der Waals surface area contributed by atoms with Crippen LogP contribution in [0.3, 0.4) is 0 Å². The third-order valence-corrected chi connectivity index (χ3v) is 6.03. The Bertz CT molecular complexity index is 1440. The summed E-state index contributed by atoms with van der Waals surface area (Å²) in [7, 11) is 2.96. The number of nitrogens with zero attached hydrogens (tertiary/aromatic N) is 6. The van der Waals surface area contributed by atoms with Gasteiger partial charge in [0.15, 0.2) is 35.1 Å². The number of fused-ring (bicyclic) bond motifs is 1. The quantitative estimate of drug-likeness (QED) is 0.276. The molecule has 1 fully saturated rings. The van der Waals surface area contributed by atoms with Crippen LogP contribution in [0.1, 0.15) is 17.6 Å². The minimum absolute atomic E-state index is 0.316. The van der Waals surface area contributed by atoms with Gasteiger partial charge in [0.25, 0.3) is 5.91 Å². The van der Waals surface area contributed by atoms with Crippen molar-refractivity contribution in [3.05, 3.63) is 54.4 Å². The number of aromatic nitrogens is 6. The number of methoxy groups -OCH3 is 1. The lowest BCUT2D eigenvalue weighted by Crippen LogP contribution is -2.41. The normalized spacial score (nSPS) is 21.2. The summed E-state index contributed by atoms with van der Waals surface area (Å²) in [5.74, 6) is 0.709. The summed E-state index contributed by atoms with van der Waals surface area (Å²) in [4.78, 5) is 34.7. The molecule has 0 bridgehead atoms. The number of aryl methyl sites for hydroxylation is 1. The van der Waals surface area contributed by atoms with Crippen molar-refractivity contribution in [1.82, 2.24) is 34.8 Å². The van der Waals surface area contributed by atoms with Crippen LogP contribution in [0, 0.1) is 6.92 Å². The largest absolute Gasteiger partial charge is 0.495 e. The fourth-order valence-electron chi connectivity index (χ4n) is 4.13. The van der Waals surface area contributed by atoms with Crippen LogP contribution in [0.5, 0.6) is 5.75 Å². The average Bonchev–Trinajstić information content (AvgIpc) is 3.47. The first-order valence-electron chi connectivity index (χ1n) is 11.5. The molecule has 0 spiro atoms. The molecule has 0 aromatic carbocycles. The smallest absolute Gasteiger partial charge is 0.251 e.